The fraction of sp³-hybridized carbons (Fsp3) is 0.467. The first-order valence-corrected chi connectivity index (χ1v) is 21.6. The summed E-state index contributed by atoms with van der Waals surface area (Å²) in [6.07, 6.45) is 3.25. The zero-order chi connectivity index (χ0) is 43.1. The number of amides is 4. The van der Waals surface area contributed by atoms with Gasteiger partial charge in [-0.1, -0.05) is 70.3 Å². The predicted octanol–water partition coefficient (Wildman–Crippen LogP) is 8.19. The summed E-state index contributed by atoms with van der Waals surface area (Å²) in [7, 11) is 2.59. The first-order chi connectivity index (χ1) is 29.4. The van der Waals surface area contributed by atoms with Gasteiger partial charge in [0.25, 0.3) is 0 Å². The average molecular weight is 853 g/mol. The molecule has 16 heteroatoms. The summed E-state index contributed by atoms with van der Waals surface area (Å²) in [4.78, 5) is 72.4. The third-order valence-electron chi connectivity index (χ3n) is 12.9. The first-order valence-electron chi connectivity index (χ1n) is 21.2. The Balaban J connectivity index is 1.04. The maximum atomic E-state index is 13.9. The second-order valence-electron chi connectivity index (χ2n) is 16.5. The number of aromatic nitrogens is 4. The molecule has 61 heavy (non-hydrogen) atoms. The molecule has 3 aromatic carbocycles. The number of carbonyl (C=O) groups is 4. The van der Waals surface area contributed by atoms with Gasteiger partial charge in [0.2, 0.25) is 11.8 Å². The lowest BCUT2D eigenvalue weighted by Gasteiger charge is -2.30. The van der Waals surface area contributed by atoms with Crippen molar-refractivity contribution in [3.8, 4) is 28.1 Å². The normalized spacial score (nSPS) is 19.1. The lowest BCUT2D eigenvalue weighted by Crippen LogP contribution is -2.51. The average Bonchev–Trinajstić information content (AvgIpc) is 4.11. The predicted molar refractivity (Wildman–Crippen MR) is 231 cm³/mol. The maximum absolute atomic E-state index is 13.9. The number of aromatic amines is 2. The number of H-pyrrole nitrogens is 2. The van der Waals surface area contributed by atoms with Crippen molar-refractivity contribution in [2.24, 2.45) is 11.8 Å². The van der Waals surface area contributed by atoms with Gasteiger partial charge in [-0.25, -0.2) is 19.6 Å². The van der Waals surface area contributed by atoms with Crippen molar-refractivity contribution < 1.29 is 33.4 Å². The summed E-state index contributed by atoms with van der Waals surface area (Å²) in [5.41, 5.74) is 6.17. The number of nitrogens with one attached hydrogen (secondary N) is 4. The number of hydrogen-bond donors (Lipinski definition) is 4. The number of ether oxygens (including phenoxy) is 3. The minimum atomic E-state index is -0.724. The van der Waals surface area contributed by atoms with Crippen LogP contribution in [0.25, 0.3) is 44.2 Å². The van der Waals surface area contributed by atoms with E-state index >= 15 is 0 Å². The molecule has 4 amide bonds. The highest BCUT2D eigenvalue weighted by molar-refractivity contribution is 6.32. The number of hydrogen-bond acceptors (Lipinski definition) is 9. The Bertz CT molecular complexity index is 2500. The van der Waals surface area contributed by atoms with Crippen molar-refractivity contribution in [3.63, 3.8) is 0 Å². The van der Waals surface area contributed by atoms with Crippen LogP contribution in [0.4, 0.5) is 9.59 Å². The molecule has 0 bridgehead atoms. The molecule has 2 saturated heterocycles. The van der Waals surface area contributed by atoms with E-state index in [1.807, 2.05) is 44.7 Å². The van der Waals surface area contributed by atoms with Gasteiger partial charge in [-0.2, -0.15) is 0 Å². The molecule has 3 aliphatic heterocycles. The smallest absolute Gasteiger partial charge is 0.407 e. The summed E-state index contributed by atoms with van der Waals surface area (Å²) >= 11 is 6.81. The molecule has 0 aliphatic carbocycles. The molecule has 0 saturated carbocycles. The molecule has 4 N–H and O–H groups in total. The van der Waals surface area contributed by atoms with Crippen LogP contribution < -0.4 is 15.4 Å². The standard InChI is InChI=1S/C45H53ClN8O7/c1-7-23(3)35(50-44(57)59-5)42(55)53-17-9-11-32(53)40-47-31-16-14-25-20-30-28-15-13-26(19-27(28)22-61-34(30)21-29(25)38(31)49-40)37-39(46)52-41(48-37)33-12-10-18-54(33)43(56)36(24(4)8-2)51-45(58)60-6/h13-16,19-21,23-24,32-33,35-36H,7-12,17-18,22H2,1-6H3,(H,47,49)(H,48,52)(H,50,57)(H,51,58)/t23-,24-,32+,33+,35+,36+/m1/s1. The van der Waals surface area contributed by atoms with Crippen molar-refractivity contribution in [1.82, 2.24) is 40.4 Å². The lowest BCUT2D eigenvalue weighted by atomic mass is 9.92. The summed E-state index contributed by atoms with van der Waals surface area (Å²) in [5, 5.41) is 7.79. The molecular formula is C45H53ClN8O7. The van der Waals surface area contributed by atoms with Crippen molar-refractivity contribution in [2.75, 3.05) is 27.3 Å². The van der Waals surface area contributed by atoms with Crippen molar-refractivity contribution in [2.45, 2.75) is 97.0 Å². The fourth-order valence-electron chi connectivity index (χ4n) is 9.07. The van der Waals surface area contributed by atoms with E-state index in [4.69, 9.17) is 35.8 Å². The van der Waals surface area contributed by atoms with Gasteiger partial charge < -0.3 is 44.6 Å². The van der Waals surface area contributed by atoms with Gasteiger partial charge in [0.05, 0.1) is 43.0 Å². The Morgan fingerprint density at radius 3 is 2.02 bits per heavy atom. The summed E-state index contributed by atoms with van der Waals surface area (Å²) < 4.78 is 16.1. The number of carbonyl (C=O) groups excluding carboxylic acids is 4. The van der Waals surface area contributed by atoms with Crippen molar-refractivity contribution in [1.29, 1.82) is 0 Å². The number of rotatable bonds is 11. The number of halogens is 1. The van der Waals surface area contributed by atoms with E-state index in [2.05, 4.69) is 50.9 Å². The number of fused-ring (bicyclic) bond motifs is 6. The molecule has 2 aromatic heterocycles. The highest BCUT2D eigenvalue weighted by Crippen LogP contribution is 2.44. The number of nitrogens with zero attached hydrogens (tertiary/aromatic N) is 4. The molecule has 2 fully saturated rings. The quantitative estimate of drug-likeness (QED) is 0.102. The van der Waals surface area contributed by atoms with Crippen LogP contribution in [0.15, 0.2) is 42.5 Å². The second-order valence-corrected chi connectivity index (χ2v) is 16.8. The highest BCUT2D eigenvalue weighted by atomic mass is 35.5. The van der Waals surface area contributed by atoms with E-state index in [9.17, 15) is 19.2 Å². The van der Waals surface area contributed by atoms with E-state index in [0.717, 1.165) is 75.5 Å². The summed E-state index contributed by atoms with van der Waals surface area (Å²) in [6, 6.07) is 12.4. The number of benzene rings is 3. The Morgan fingerprint density at radius 1 is 0.820 bits per heavy atom. The third-order valence-corrected chi connectivity index (χ3v) is 13.2. The highest BCUT2D eigenvalue weighted by Gasteiger charge is 2.40. The van der Waals surface area contributed by atoms with Crippen LogP contribution >= 0.6 is 11.6 Å². The van der Waals surface area contributed by atoms with Gasteiger partial charge in [0, 0.05) is 29.6 Å². The van der Waals surface area contributed by atoms with E-state index in [0.29, 0.717) is 55.0 Å². The Labute approximate surface area is 359 Å². The molecule has 6 atom stereocenters. The lowest BCUT2D eigenvalue weighted by molar-refractivity contribution is -0.136. The molecule has 5 aromatic rings. The molecule has 5 heterocycles. The minimum absolute atomic E-state index is 0.0780. The van der Waals surface area contributed by atoms with Crippen LogP contribution in [0.1, 0.15) is 95.5 Å². The second kappa shape index (κ2) is 17.3. The van der Waals surface area contributed by atoms with Gasteiger partial charge in [-0.3, -0.25) is 9.59 Å². The van der Waals surface area contributed by atoms with Crippen LogP contribution in [-0.4, -0.2) is 93.1 Å². The minimum Gasteiger partial charge on any atom is -0.488 e. The zero-order valence-corrected chi connectivity index (χ0v) is 36.2. The Morgan fingerprint density at radius 2 is 1.43 bits per heavy atom. The number of methoxy groups -OCH3 is 2. The van der Waals surface area contributed by atoms with Crippen molar-refractivity contribution >= 4 is 57.4 Å². The Hall–Kier alpha value is -5.83. The topological polar surface area (TPSA) is 184 Å². The van der Waals surface area contributed by atoms with Gasteiger partial charge in [0.15, 0.2) is 5.15 Å². The van der Waals surface area contributed by atoms with Gasteiger partial charge in [0.1, 0.15) is 36.1 Å². The fourth-order valence-corrected chi connectivity index (χ4v) is 9.32. The van der Waals surface area contributed by atoms with Crippen LogP contribution in [0.5, 0.6) is 5.75 Å². The van der Waals surface area contributed by atoms with Crippen LogP contribution in [-0.2, 0) is 25.7 Å². The largest absolute Gasteiger partial charge is 0.488 e. The number of alkyl carbamates (subject to hydrolysis) is 2. The monoisotopic (exact) mass is 852 g/mol. The van der Waals surface area contributed by atoms with Crippen LogP contribution in [0, 0.1) is 11.8 Å². The van der Waals surface area contributed by atoms with E-state index in [-0.39, 0.29) is 35.7 Å². The molecule has 3 aliphatic rings. The molecule has 0 radical (unpaired) electrons. The zero-order valence-electron chi connectivity index (χ0n) is 35.4. The van der Waals surface area contributed by atoms with Gasteiger partial charge in [-0.15, -0.1) is 0 Å². The summed E-state index contributed by atoms with van der Waals surface area (Å²) in [6.45, 7) is 9.33. The molecule has 0 spiro atoms. The van der Waals surface area contributed by atoms with E-state index in [1.165, 1.54) is 14.2 Å². The SMILES string of the molecule is CC[C@@H](C)[C@H](NC(=O)OC)C(=O)N1CCC[C@H]1c1nc(Cl)c(-c2ccc3c(c2)COc2cc4c(ccc5nc([C@@H]6CCCN6C(=O)[C@@H](NC(=O)OC)[C@H](C)CC)[nH]c54)cc2-3)[nH]1. The molecule has 8 rings (SSSR count). The molecular weight excluding hydrogens is 800 g/mol. The molecule has 322 valence electrons. The third kappa shape index (κ3) is 7.84. The summed E-state index contributed by atoms with van der Waals surface area (Å²) in [5.74, 6) is 1.59. The molecule has 15 nitrogen and oxygen atoms in total. The number of likely N-dealkylation sites (tertiary alicyclic amines) is 2. The van der Waals surface area contributed by atoms with E-state index in [1.54, 1.807) is 4.90 Å². The van der Waals surface area contributed by atoms with Gasteiger partial charge in [-0.05, 0) is 78.3 Å². The van der Waals surface area contributed by atoms with Crippen molar-refractivity contribution in [3.05, 3.63) is 64.8 Å². The van der Waals surface area contributed by atoms with Crippen LogP contribution in [0.2, 0.25) is 5.15 Å². The maximum Gasteiger partial charge on any atom is 0.407 e. The first kappa shape index (κ1) is 41.9. The Kier molecular flexibility index (Phi) is 11.9. The molecule has 0 unspecified atom stereocenters. The van der Waals surface area contributed by atoms with Gasteiger partial charge >= 0.3 is 12.2 Å². The van der Waals surface area contributed by atoms with Crippen LogP contribution in [0.3, 0.4) is 0 Å². The number of imidazole rings is 2. The van der Waals surface area contributed by atoms with E-state index < -0.39 is 24.3 Å².